The van der Waals surface area contributed by atoms with Gasteiger partial charge in [0, 0.05) is 31.6 Å². The Hall–Kier alpha value is -1.17. The Kier molecular flexibility index (Phi) is 14.2. The number of amides is 2. The van der Waals surface area contributed by atoms with Crippen LogP contribution in [-0.2, 0) is 19.2 Å². The molecule has 0 saturated carbocycles. The summed E-state index contributed by atoms with van der Waals surface area (Å²) >= 11 is 1.34. The van der Waals surface area contributed by atoms with Crippen molar-refractivity contribution in [1.29, 1.82) is 0 Å². The Morgan fingerprint density at radius 2 is 1.55 bits per heavy atom. The number of hydrogen-bond donors (Lipinski definition) is 0. The van der Waals surface area contributed by atoms with Gasteiger partial charge < -0.3 is 0 Å². The van der Waals surface area contributed by atoms with Crippen LogP contribution in [0.25, 0.3) is 0 Å². The van der Waals surface area contributed by atoms with Crippen molar-refractivity contribution >= 4 is 35.1 Å². The molecule has 1 saturated heterocycles. The fraction of sp³-hybridized carbons (Fsp3) is 0.750. The second-order valence-electron chi connectivity index (χ2n) is 4.35. The largest absolute Gasteiger partial charge is 0.300 e. The molecule has 0 aromatic rings. The van der Waals surface area contributed by atoms with Gasteiger partial charge in [-0.2, -0.15) is 0 Å². The molecule has 6 heteroatoms. The second-order valence-corrected chi connectivity index (χ2v) is 5.66. The molecule has 0 aliphatic carbocycles. The van der Waals surface area contributed by atoms with Gasteiger partial charge in [0.1, 0.15) is 11.6 Å². The summed E-state index contributed by atoms with van der Waals surface area (Å²) in [5.74, 6) is 0.145. The van der Waals surface area contributed by atoms with Crippen molar-refractivity contribution in [2.75, 3.05) is 12.3 Å². The number of likely N-dealkylation sites (tertiary alicyclic amines) is 1. The minimum Gasteiger partial charge on any atom is -0.300 e. The molecule has 1 aliphatic heterocycles. The lowest BCUT2D eigenvalue weighted by atomic mass is 10.3. The zero-order chi connectivity index (χ0) is 17.7. The SMILES string of the molecule is CC.CC.CC(=O)CCSC1CC(=O)N(CCC(C)=O)C1=O. The third-order valence-corrected chi connectivity index (χ3v) is 3.87. The van der Waals surface area contributed by atoms with Crippen LogP contribution < -0.4 is 0 Å². The number of carbonyl (C=O) groups is 4. The Bertz CT molecular complexity index is 382. The third kappa shape index (κ3) is 8.97. The third-order valence-electron chi connectivity index (χ3n) is 2.66. The van der Waals surface area contributed by atoms with Crippen LogP contribution in [0, 0.1) is 0 Å². The molecule has 22 heavy (non-hydrogen) atoms. The highest BCUT2D eigenvalue weighted by molar-refractivity contribution is 8.00. The van der Waals surface area contributed by atoms with E-state index in [1.807, 2.05) is 27.7 Å². The van der Waals surface area contributed by atoms with Crippen LogP contribution >= 0.6 is 11.8 Å². The predicted octanol–water partition coefficient (Wildman–Crippen LogP) is 2.86. The van der Waals surface area contributed by atoms with Crippen LogP contribution in [-0.4, -0.2) is 45.8 Å². The first-order chi connectivity index (χ1) is 10.4. The topological polar surface area (TPSA) is 71.5 Å². The van der Waals surface area contributed by atoms with Crippen LogP contribution in [0.3, 0.4) is 0 Å². The van der Waals surface area contributed by atoms with Crippen LogP contribution in [0.2, 0.25) is 0 Å². The highest BCUT2D eigenvalue weighted by Crippen LogP contribution is 2.25. The molecule has 1 fully saturated rings. The zero-order valence-electron chi connectivity index (χ0n) is 14.6. The molecule has 2 amide bonds. The molecule has 1 atom stereocenters. The maximum atomic E-state index is 11.9. The van der Waals surface area contributed by atoms with Gasteiger partial charge in [-0.25, -0.2) is 0 Å². The van der Waals surface area contributed by atoms with E-state index >= 15 is 0 Å². The number of thioether (sulfide) groups is 1. The van der Waals surface area contributed by atoms with E-state index in [1.165, 1.54) is 25.6 Å². The van der Waals surface area contributed by atoms with Gasteiger partial charge in [0.05, 0.1) is 5.25 Å². The minimum atomic E-state index is -0.385. The van der Waals surface area contributed by atoms with Crippen molar-refractivity contribution in [3.8, 4) is 0 Å². The van der Waals surface area contributed by atoms with E-state index in [4.69, 9.17) is 0 Å². The fourth-order valence-corrected chi connectivity index (χ4v) is 2.85. The molecule has 1 unspecified atom stereocenters. The van der Waals surface area contributed by atoms with Gasteiger partial charge in [0.15, 0.2) is 0 Å². The van der Waals surface area contributed by atoms with Crippen molar-refractivity contribution in [2.45, 2.75) is 66.1 Å². The molecule has 1 heterocycles. The number of carbonyl (C=O) groups excluding carboxylic acids is 4. The molecule has 128 valence electrons. The lowest BCUT2D eigenvalue weighted by Crippen LogP contribution is -2.33. The molecule has 0 aromatic carbocycles. The Labute approximate surface area is 138 Å². The smallest absolute Gasteiger partial charge is 0.242 e. The summed E-state index contributed by atoms with van der Waals surface area (Å²) in [5.41, 5.74) is 0. The summed E-state index contributed by atoms with van der Waals surface area (Å²) in [7, 11) is 0. The predicted molar refractivity (Wildman–Crippen MR) is 90.9 cm³/mol. The molecule has 0 bridgehead atoms. The van der Waals surface area contributed by atoms with E-state index in [-0.39, 0.29) is 48.0 Å². The van der Waals surface area contributed by atoms with Crippen molar-refractivity contribution in [1.82, 2.24) is 4.90 Å². The average molecular weight is 331 g/mol. The summed E-state index contributed by atoms with van der Waals surface area (Å²) in [6.07, 6.45) is 0.803. The van der Waals surface area contributed by atoms with Gasteiger partial charge in [0.25, 0.3) is 0 Å². The van der Waals surface area contributed by atoms with E-state index < -0.39 is 0 Å². The molecular weight excluding hydrogens is 302 g/mol. The van der Waals surface area contributed by atoms with Gasteiger partial charge in [0.2, 0.25) is 11.8 Å². The summed E-state index contributed by atoms with van der Waals surface area (Å²) in [6, 6.07) is 0. The number of ketones is 2. The van der Waals surface area contributed by atoms with E-state index in [1.54, 1.807) is 0 Å². The number of Topliss-reactive ketones (excluding diaryl/α,β-unsaturated/α-hetero) is 2. The average Bonchev–Trinajstić information content (AvgIpc) is 2.75. The minimum absolute atomic E-state index is 0.0386. The quantitative estimate of drug-likeness (QED) is 0.671. The van der Waals surface area contributed by atoms with Gasteiger partial charge in [-0.3, -0.25) is 24.1 Å². The second kappa shape index (κ2) is 13.5. The standard InChI is InChI=1S/C12H17NO4S.2C2H6/c1-8(14)3-5-13-11(16)7-10(12(13)17)18-6-4-9(2)15;2*1-2/h10H,3-7H2,1-2H3;2*1-2H3. The Balaban J connectivity index is 0. The number of imide groups is 1. The number of hydrogen-bond acceptors (Lipinski definition) is 5. The lowest BCUT2D eigenvalue weighted by molar-refractivity contribution is -0.138. The van der Waals surface area contributed by atoms with Gasteiger partial charge in [-0.05, 0) is 13.8 Å². The van der Waals surface area contributed by atoms with Crippen molar-refractivity contribution in [3.05, 3.63) is 0 Å². The van der Waals surface area contributed by atoms with E-state index in [0.717, 1.165) is 4.90 Å². The van der Waals surface area contributed by atoms with Crippen LogP contribution in [0.4, 0.5) is 0 Å². The highest BCUT2D eigenvalue weighted by atomic mass is 32.2. The maximum absolute atomic E-state index is 11.9. The zero-order valence-corrected chi connectivity index (χ0v) is 15.4. The molecule has 1 rings (SSSR count). The monoisotopic (exact) mass is 331 g/mol. The summed E-state index contributed by atoms with van der Waals surface area (Å²) in [4.78, 5) is 46.3. The van der Waals surface area contributed by atoms with E-state index in [2.05, 4.69) is 0 Å². The molecule has 0 radical (unpaired) electrons. The van der Waals surface area contributed by atoms with Crippen LogP contribution in [0.5, 0.6) is 0 Å². The molecular formula is C16H29NO4S. The van der Waals surface area contributed by atoms with Gasteiger partial charge >= 0.3 is 0 Å². The normalized spacial score (nSPS) is 16.5. The van der Waals surface area contributed by atoms with Crippen molar-refractivity contribution in [2.24, 2.45) is 0 Å². The van der Waals surface area contributed by atoms with Crippen molar-refractivity contribution in [3.63, 3.8) is 0 Å². The first kappa shape index (κ1) is 23.1. The van der Waals surface area contributed by atoms with Crippen LogP contribution in [0.15, 0.2) is 0 Å². The maximum Gasteiger partial charge on any atom is 0.242 e. The first-order valence-corrected chi connectivity index (χ1v) is 8.91. The molecule has 0 spiro atoms. The molecule has 0 aromatic heterocycles. The summed E-state index contributed by atoms with van der Waals surface area (Å²) in [6.45, 7) is 11.1. The first-order valence-electron chi connectivity index (χ1n) is 7.86. The van der Waals surface area contributed by atoms with Gasteiger partial charge in [-0.15, -0.1) is 11.8 Å². The van der Waals surface area contributed by atoms with Gasteiger partial charge in [-0.1, -0.05) is 27.7 Å². The molecule has 0 N–H and O–H groups in total. The fourth-order valence-electron chi connectivity index (χ4n) is 1.63. The number of rotatable bonds is 7. The lowest BCUT2D eigenvalue weighted by Gasteiger charge is -2.13. The highest BCUT2D eigenvalue weighted by Gasteiger charge is 2.38. The van der Waals surface area contributed by atoms with E-state index in [0.29, 0.717) is 12.2 Å². The molecule has 5 nitrogen and oxygen atoms in total. The number of nitrogens with zero attached hydrogens (tertiary/aromatic N) is 1. The summed E-state index contributed by atoms with van der Waals surface area (Å²) < 4.78 is 0. The van der Waals surface area contributed by atoms with E-state index in [9.17, 15) is 19.2 Å². The van der Waals surface area contributed by atoms with Crippen LogP contribution in [0.1, 0.15) is 60.8 Å². The summed E-state index contributed by atoms with van der Waals surface area (Å²) in [5, 5.41) is -0.385. The Morgan fingerprint density at radius 3 is 2.00 bits per heavy atom. The van der Waals surface area contributed by atoms with Crippen molar-refractivity contribution < 1.29 is 19.2 Å². The molecule has 1 aliphatic rings. The Morgan fingerprint density at radius 1 is 1.05 bits per heavy atom.